The molecule has 0 radical (unpaired) electrons. The molecule has 0 aromatic heterocycles. The van der Waals surface area contributed by atoms with Crippen molar-refractivity contribution in [2.24, 2.45) is 5.92 Å². The number of hydrogen-bond acceptors (Lipinski definition) is 3. The van der Waals surface area contributed by atoms with Crippen molar-refractivity contribution in [2.75, 3.05) is 18.6 Å². The zero-order valence-corrected chi connectivity index (χ0v) is 11.1. The standard InChI is InChI=1S/C11H21NO3S/c1-4-16(14,15)8-9(2)12(3)11(13)10-6-5-7-10/h9-10H,4-8H2,1-3H3. The Balaban J connectivity index is 2.52. The maximum atomic E-state index is 11.9. The fraction of sp³-hybridized carbons (Fsp3) is 0.909. The Hall–Kier alpha value is -0.580. The zero-order chi connectivity index (χ0) is 12.3. The van der Waals surface area contributed by atoms with Crippen LogP contribution in [-0.4, -0.2) is 43.8 Å². The second-order valence-electron chi connectivity index (χ2n) is 4.62. The molecule has 94 valence electrons. The van der Waals surface area contributed by atoms with Crippen molar-refractivity contribution in [1.82, 2.24) is 4.90 Å². The van der Waals surface area contributed by atoms with Crippen LogP contribution >= 0.6 is 0 Å². The lowest BCUT2D eigenvalue weighted by Gasteiger charge is -2.32. The maximum absolute atomic E-state index is 11.9. The summed E-state index contributed by atoms with van der Waals surface area (Å²) in [6, 6.07) is -0.224. The first-order chi connectivity index (χ1) is 7.37. The molecule has 0 aliphatic heterocycles. The molecule has 0 aromatic carbocycles. The number of carbonyl (C=O) groups is 1. The van der Waals surface area contributed by atoms with Crippen LogP contribution in [0.15, 0.2) is 0 Å². The number of hydrogen-bond donors (Lipinski definition) is 0. The van der Waals surface area contributed by atoms with Crippen LogP contribution in [-0.2, 0) is 14.6 Å². The average molecular weight is 247 g/mol. The molecule has 0 bridgehead atoms. The summed E-state index contributed by atoms with van der Waals surface area (Å²) in [5.41, 5.74) is 0. The molecular formula is C11H21NO3S. The third-order valence-electron chi connectivity index (χ3n) is 3.40. The van der Waals surface area contributed by atoms with E-state index in [2.05, 4.69) is 0 Å². The van der Waals surface area contributed by atoms with Gasteiger partial charge in [-0.1, -0.05) is 13.3 Å². The Labute approximate surface area is 97.9 Å². The van der Waals surface area contributed by atoms with E-state index in [1.807, 2.05) is 0 Å². The summed E-state index contributed by atoms with van der Waals surface area (Å²) in [7, 11) is -1.30. The van der Waals surface area contributed by atoms with Crippen molar-refractivity contribution < 1.29 is 13.2 Å². The van der Waals surface area contributed by atoms with Crippen molar-refractivity contribution in [2.45, 2.75) is 39.2 Å². The number of carbonyl (C=O) groups excluding carboxylic acids is 1. The van der Waals surface area contributed by atoms with E-state index in [0.717, 1.165) is 19.3 Å². The Kier molecular flexibility index (Phi) is 4.35. The fourth-order valence-corrected chi connectivity index (χ4v) is 2.95. The van der Waals surface area contributed by atoms with Gasteiger partial charge in [-0.25, -0.2) is 8.42 Å². The summed E-state index contributed by atoms with van der Waals surface area (Å²) in [4.78, 5) is 13.5. The van der Waals surface area contributed by atoms with Crippen LogP contribution < -0.4 is 0 Å². The van der Waals surface area contributed by atoms with Crippen molar-refractivity contribution in [3.05, 3.63) is 0 Å². The molecule has 1 aliphatic rings. The first-order valence-electron chi connectivity index (χ1n) is 5.84. The Morgan fingerprint density at radius 3 is 2.38 bits per heavy atom. The second-order valence-corrected chi connectivity index (χ2v) is 7.02. The summed E-state index contributed by atoms with van der Waals surface area (Å²) in [6.45, 7) is 3.43. The normalized spacial score (nSPS) is 18.9. The van der Waals surface area contributed by atoms with E-state index in [1.54, 1.807) is 25.8 Å². The van der Waals surface area contributed by atoms with E-state index in [-0.39, 0.29) is 29.4 Å². The Morgan fingerprint density at radius 2 is 2.00 bits per heavy atom. The van der Waals surface area contributed by atoms with Crippen molar-refractivity contribution in [1.29, 1.82) is 0 Å². The van der Waals surface area contributed by atoms with E-state index < -0.39 is 9.84 Å². The predicted molar refractivity (Wildman–Crippen MR) is 63.9 cm³/mol. The first-order valence-corrected chi connectivity index (χ1v) is 7.66. The minimum absolute atomic E-state index is 0.0679. The van der Waals surface area contributed by atoms with Crippen LogP contribution in [0, 0.1) is 5.92 Å². The summed E-state index contributed by atoms with van der Waals surface area (Å²) >= 11 is 0. The lowest BCUT2D eigenvalue weighted by atomic mass is 9.84. The molecule has 1 atom stereocenters. The molecule has 1 saturated carbocycles. The van der Waals surface area contributed by atoms with Crippen molar-refractivity contribution in [3.8, 4) is 0 Å². The van der Waals surface area contributed by atoms with E-state index in [9.17, 15) is 13.2 Å². The third-order valence-corrected chi connectivity index (χ3v) is 5.27. The van der Waals surface area contributed by atoms with Gasteiger partial charge >= 0.3 is 0 Å². The lowest BCUT2D eigenvalue weighted by molar-refractivity contribution is -0.138. The summed E-state index contributed by atoms with van der Waals surface area (Å²) in [5.74, 6) is 0.447. The van der Waals surface area contributed by atoms with Gasteiger partial charge < -0.3 is 4.90 Å². The lowest BCUT2D eigenvalue weighted by Crippen LogP contribution is -2.44. The molecule has 0 saturated heterocycles. The first kappa shape index (κ1) is 13.5. The minimum atomic E-state index is -3.01. The number of nitrogens with zero attached hydrogens (tertiary/aromatic N) is 1. The molecule has 1 amide bonds. The highest BCUT2D eigenvalue weighted by Crippen LogP contribution is 2.28. The van der Waals surface area contributed by atoms with Gasteiger partial charge in [-0.15, -0.1) is 0 Å². The highest BCUT2D eigenvalue weighted by Gasteiger charge is 2.30. The number of rotatable bonds is 5. The summed E-state index contributed by atoms with van der Waals surface area (Å²) in [6.07, 6.45) is 3.03. The summed E-state index contributed by atoms with van der Waals surface area (Å²) < 4.78 is 22.9. The molecule has 4 nitrogen and oxygen atoms in total. The molecule has 5 heteroatoms. The van der Waals surface area contributed by atoms with Gasteiger partial charge in [0.1, 0.15) is 0 Å². The molecular weight excluding hydrogens is 226 g/mol. The molecule has 0 spiro atoms. The molecule has 0 N–H and O–H groups in total. The molecule has 16 heavy (non-hydrogen) atoms. The average Bonchev–Trinajstić information content (AvgIpc) is 2.13. The molecule has 0 heterocycles. The summed E-state index contributed by atoms with van der Waals surface area (Å²) in [5, 5.41) is 0. The van der Waals surface area contributed by atoms with Gasteiger partial charge in [0, 0.05) is 24.8 Å². The van der Waals surface area contributed by atoms with Crippen LogP contribution in [0.1, 0.15) is 33.1 Å². The van der Waals surface area contributed by atoms with E-state index >= 15 is 0 Å². The van der Waals surface area contributed by atoms with Gasteiger partial charge in [-0.2, -0.15) is 0 Å². The highest BCUT2D eigenvalue weighted by atomic mass is 32.2. The number of amides is 1. The number of sulfone groups is 1. The largest absolute Gasteiger partial charge is 0.342 e. The van der Waals surface area contributed by atoms with E-state index in [0.29, 0.717) is 0 Å². The van der Waals surface area contributed by atoms with Gasteiger partial charge in [0.05, 0.1) is 5.75 Å². The van der Waals surface area contributed by atoms with E-state index in [1.165, 1.54) is 0 Å². The predicted octanol–water partition coefficient (Wildman–Crippen LogP) is 1.07. The van der Waals surface area contributed by atoms with Crippen LogP contribution in [0.25, 0.3) is 0 Å². The van der Waals surface area contributed by atoms with E-state index in [4.69, 9.17) is 0 Å². The maximum Gasteiger partial charge on any atom is 0.225 e. The fourth-order valence-electron chi connectivity index (χ4n) is 1.76. The monoisotopic (exact) mass is 247 g/mol. The SMILES string of the molecule is CCS(=O)(=O)CC(C)N(C)C(=O)C1CCC1. The quantitative estimate of drug-likeness (QED) is 0.730. The van der Waals surface area contributed by atoms with Crippen LogP contribution in [0.3, 0.4) is 0 Å². The van der Waals surface area contributed by atoms with Crippen molar-refractivity contribution in [3.63, 3.8) is 0 Å². The van der Waals surface area contributed by atoms with Crippen molar-refractivity contribution >= 4 is 15.7 Å². The Bertz CT molecular complexity index is 346. The van der Waals surface area contributed by atoms with Gasteiger partial charge in [-0.05, 0) is 19.8 Å². The van der Waals surface area contributed by atoms with Crippen LogP contribution in [0.5, 0.6) is 0 Å². The molecule has 1 unspecified atom stereocenters. The molecule has 0 aromatic rings. The topological polar surface area (TPSA) is 54.5 Å². The Morgan fingerprint density at radius 1 is 1.44 bits per heavy atom. The van der Waals surface area contributed by atoms with Crippen LogP contribution in [0.4, 0.5) is 0 Å². The third kappa shape index (κ3) is 3.20. The van der Waals surface area contributed by atoms with Gasteiger partial charge in [0.15, 0.2) is 9.84 Å². The van der Waals surface area contributed by atoms with Crippen LogP contribution in [0.2, 0.25) is 0 Å². The highest BCUT2D eigenvalue weighted by molar-refractivity contribution is 7.91. The van der Waals surface area contributed by atoms with Gasteiger partial charge in [0.25, 0.3) is 0 Å². The van der Waals surface area contributed by atoms with Gasteiger partial charge in [0.2, 0.25) is 5.91 Å². The molecule has 1 aliphatic carbocycles. The minimum Gasteiger partial charge on any atom is -0.342 e. The zero-order valence-electron chi connectivity index (χ0n) is 10.3. The second kappa shape index (κ2) is 5.17. The molecule has 1 fully saturated rings. The van der Waals surface area contributed by atoms with Gasteiger partial charge in [-0.3, -0.25) is 4.79 Å². The molecule has 1 rings (SSSR count). The smallest absolute Gasteiger partial charge is 0.225 e.